The number of aryl methyl sites for hydroxylation is 1. The van der Waals surface area contributed by atoms with E-state index in [0.29, 0.717) is 17.2 Å². The van der Waals surface area contributed by atoms with Crippen LogP contribution < -0.4 is 9.47 Å². The maximum atomic E-state index is 11.4. The van der Waals surface area contributed by atoms with Gasteiger partial charge in [0, 0.05) is 11.5 Å². The van der Waals surface area contributed by atoms with Gasteiger partial charge in [-0.1, -0.05) is 0 Å². The van der Waals surface area contributed by atoms with Gasteiger partial charge in [-0.25, -0.2) is 0 Å². The third-order valence-electron chi connectivity index (χ3n) is 3.68. The molecular formula is C15H15NO4. The summed E-state index contributed by atoms with van der Waals surface area (Å²) < 4.78 is 10.7. The van der Waals surface area contributed by atoms with Crippen LogP contribution in [0.2, 0.25) is 0 Å². The molecule has 0 atom stereocenters. The molecule has 2 heterocycles. The first-order valence-corrected chi connectivity index (χ1v) is 6.34. The van der Waals surface area contributed by atoms with E-state index in [-0.39, 0.29) is 6.79 Å². The van der Waals surface area contributed by atoms with E-state index in [1.807, 2.05) is 19.1 Å². The number of carboxylic acids is 1. The Labute approximate surface area is 116 Å². The van der Waals surface area contributed by atoms with E-state index in [2.05, 4.69) is 4.98 Å². The summed E-state index contributed by atoms with van der Waals surface area (Å²) in [5.74, 6) is 0.451. The smallest absolute Gasteiger partial charge is 0.315 e. The molecule has 3 rings (SSSR count). The largest absolute Gasteiger partial charge is 0.481 e. The van der Waals surface area contributed by atoms with E-state index >= 15 is 0 Å². The number of ether oxygens (including phenoxy) is 2. The minimum absolute atomic E-state index is 0.207. The van der Waals surface area contributed by atoms with Crippen LogP contribution in [0.4, 0.5) is 0 Å². The van der Waals surface area contributed by atoms with E-state index in [4.69, 9.17) is 9.47 Å². The second kappa shape index (κ2) is 4.10. The summed E-state index contributed by atoms with van der Waals surface area (Å²) in [7, 11) is 0. The van der Waals surface area contributed by atoms with Crippen LogP contribution in [0.25, 0.3) is 10.9 Å². The highest BCUT2D eigenvalue weighted by atomic mass is 16.7. The Kier molecular flexibility index (Phi) is 2.61. The van der Waals surface area contributed by atoms with Crippen LogP contribution >= 0.6 is 0 Å². The first-order valence-electron chi connectivity index (χ1n) is 6.34. The highest BCUT2D eigenvalue weighted by Crippen LogP contribution is 2.37. The summed E-state index contributed by atoms with van der Waals surface area (Å²) in [5.41, 5.74) is 1.19. The monoisotopic (exact) mass is 273 g/mol. The maximum absolute atomic E-state index is 11.4. The van der Waals surface area contributed by atoms with Gasteiger partial charge in [0.05, 0.1) is 11.2 Å². The molecule has 0 saturated heterocycles. The second-order valence-electron chi connectivity index (χ2n) is 5.48. The lowest BCUT2D eigenvalue weighted by molar-refractivity contribution is -0.142. The van der Waals surface area contributed by atoms with Crippen LogP contribution in [0.5, 0.6) is 11.5 Å². The molecule has 0 spiro atoms. The van der Waals surface area contributed by atoms with E-state index in [1.54, 1.807) is 19.9 Å². The number of benzene rings is 1. The van der Waals surface area contributed by atoms with Crippen molar-refractivity contribution in [1.82, 2.24) is 4.98 Å². The van der Waals surface area contributed by atoms with Gasteiger partial charge >= 0.3 is 5.97 Å². The highest BCUT2D eigenvalue weighted by Gasteiger charge is 2.31. The van der Waals surface area contributed by atoms with Crippen LogP contribution in [-0.2, 0) is 10.2 Å². The van der Waals surface area contributed by atoms with Crippen molar-refractivity contribution in [3.05, 3.63) is 29.5 Å². The fourth-order valence-electron chi connectivity index (χ4n) is 2.21. The Hall–Kier alpha value is -2.30. The lowest BCUT2D eigenvalue weighted by Gasteiger charge is -2.20. The summed E-state index contributed by atoms with van der Waals surface area (Å²) in [6, 6.07) is 5.50. The molecule has 0 fully saturated rings. The normalized spacial score (nSPS) is 13.8. The number of nitrogens with zero attached hydrogens (tertiary/aromatic N) is 1. The van der Waals surface area contributed by atoms with E-state index < -0.39 is 11.4 Å². The molecule has 0 saturated carbocycles. The van der Waals surface area contributed by atoms with Crippen molar-refractivity contribution in [2.24, 2.45) is 0 Å². The summed E-state index contributed by atoms with van der Waals surface area (Å²) in [6.07, 6.45) is 0. The van der Waals surface area contributed by atoms with Gasteiger partial charge in [0.15, 0.2) is 11.5 Å². The minimum atomic E-state index is -1.03. The quantitative estimate of drug-likeness (QED) is 0.911. The van der Waals surface area contributed by atoms with Crippen molar-refractivity contribution in [3.8, 4) is 11.5 Å². The number of aliphatic carboxylic acids is 1. The van der Waals surface area contributed by atoms with Gasteiger partial charge in [-0.3, -0.25) is 9.78 Å². The van der Waals surface area contributed by atoms with Crippen molar-refractivity contribution in [1.29, 1.82) is 0 Å². The number of carbonyl (C=O) groups is 1. The van der Waals surface area contributed by atoms with Crippen molar-refractivity contribution >= 4 is 16.9 Å². The summed E-state index contributed by atoms with van der Waals surface area (Å²) in [6.45, 7) is 5.44. The predicted octanol–water partition coefficient (Wildman–Crippen LogP) is 2.63. The number of aromatic nitrogens is 1. The van der Waals surface area contributed by atoms with Crippen LogP contribution in [0.15, 0.2) is 18.2 Å². The molecule has 1 aromatic carbocycles. The fraction of sp³-hybridized carbons (Fsp3) is 0.333. The average Bonchev–Trinajstić information content (AvgIpc) is 2.83. The second-order valence-corrected chi connectivity index (χ2v) is 5.48. The van der Waals surface area contributed by atoms with Gasteiger partial charge in [-0.05, 0) is 38.5 Å². The number of hydrogen-bond donors (Lipinski definition) is 1. The Bertz CT molecular complexity index is 721. The van der Waals surface area contributed by atoms with Crippen molar-refractivity contribution in [2.45, 2.75) is 26.2 Å². The Morgan fingerprint density at radius 3 is 2.55 bits per heavy atom. The van der Waals surface area contributed by atoms with Crippen molar-refractivity contribution in [3.63, 3.8) is 0 Å². The van der Waals surface area contributed by atoms with Gasteiger partial charge in [0.1, 0.15) is 5.41 Å². The Balaban J connectivity index is 2.24. The highest BCUT2D eigenvalue weighted by molar-refractivity contribution is 5.88. The molecule has 5 heteroatoms. The van der Waals surface area contributed by atoms with Crippen molar-refractivity contribution in [2.75, 3.05) is 6.79 Å². The van der Waals surface area contributed by atoms with E-state index in [9.17, 15) is 9.90 Å². The van der Waals surface area contributed by atoms with Crippen LogP contribution in [-0.4, -0.2) is 22.9 Å². The molecule has 104 valence electrons. The molecule has 1 aliphatic rings. The molecule has 0 radical (unpaired) electrons. The molecule has 0 bridgehead atoms. The van der Waals surface area contributed by atoms with E-state index in [0.717, 1.165) is 16.5 Å². The predicted molar refractivity (Wildman–Crippen MR) is 73.3 cm³/mol. The minimum Gasteiger partial charge on any atom is -0.481 e. The van der Waals surface area contributed by atoms with Gasteiger partial charge in [0.2, 0.25) is 6.79 Å². The fourth-order valence-corrected chi connectivity index (χ4v) is 2.21. The lowest BCUT2D eigenvalue weighted by atomic mass is 9.87. The summed E-state index contributed by atoms with van der Waals surface area (Å²) in [4.78, 5) is 15.9. The Morgan fingerprint density at radius 1 is 1.25 bits per heavy atom. The molecule has 1 aliphatic heterocycles. The number of pyridine rings is 1. The van der Waals surface area contributed by atoms with Crippen LogP contribution in [0, 0.1) is 6.92 Å². The summed E-state index contributed by atoms with van der Waals surface area (Å²) in [5, 5.41) is 10.3. The van der Waals surface area contributed by atoms with Gasteiger partial charge in [-0.2, -0.15) is 0 Å². The zero-order chi connectivity index (χ0) is 14.5. The molecule has 1 aromatic heterocycles. The molecule has 1 N–H and O–H groups in total. The first-order chi connectivity index (χ1) is 9.39. The average molecular weight is 273 g/mol. The number of rotatable bonds is 2. The van der Waals surface area contributed by atoms with Crippen LogP contribution in [0.1, 0.15) is 25.1 Å². The molecule has 2 aromatic rings. The topological polar surface area (TPSA) is 68.7 Å². The molecule has 5 nitrogen and oxygen atoms in total. The number of hydrogen-bond acceptors (Lipinski definition) is 4. The SMILES string of the molecule is Cc1cc(C(C)(C)C(=O)O)nc2cc3c(cc12)OCO3. The third kappa shape index (κ3) is 1.78. The zero-order valence-corrected chi connectivity index (χ0v) is 11.6. The van der Waals surface area contributed by atoms with Gasteiger partial charge in [-0.15, -0.1) is 0 Å². The third-order valence-corrected chi connectivity index (χ3v) is 3.68. The van der Waals surface area contributed by atoms with Gasteiger partial charge < -0.3 is 14.6 Å². The molecule has 0 amide bonds. The van der Waals surface area contributed by atoms with Gasteiger partial charge in [0.25, 0.3) is 0 Å². The molecule has 0 unspecified atom stereocenters. The van der Waals surface area contributed by atoms with E-state index in [1.165, 1.54) is 0 Å². The van der Waals surface area contributed by atoms with Crippen molar-refractivity contribution < 1.29 is 19.4 Å². The molecule has 20 heavy (non-hydrogen) atoms. The number of carboxylic acid groups (broad SMARTS) is 1. The zero-order valence-electron chi connectivity index (χ0n) is 11.6. The maximum Gasteiger partial charge on any atom is 0.315 e. The summed E-state index contributed by atoms with van der Waals surface area (Å²) >= 11 is 0. The van der Waals surface area contributed by atoms with Crippen LogP contribution in [0.3, 0.4) is 0 Å². The molecular weight excluding hydrogens is 258 g/mol. The Morgan fingerprint density at radius 2 is 1.90 bits per heavy atom. The standard InChI is InChI=1S/C15H15NO4/c1-8-4-13(15(2,3)14(17)18)16-10-6-12-11(5-9(8)10)19-7-20-12/h4-6H,7H2,1-3H3,(H,17,18). The lowest BCUT2D eigenvalue weighted by Crippen LogP contribution is -2.29. The molecule has 0 aliphatic carbocycles. The number of fused-ring (bicyclic) bond motifs is 2. The first kappa shape index (κ1) is 12.7.